The Labute approximate surface area is 95.9 Å². The lowest BCUT2D eigenvalue weighted by atomic mass is 9.98. The average molecular weight is 215 g/mol. The molecule has 2 heterocycles. The quantitative estimate of drug-likeness (QED) is 0.771. The van der Waals surface area contributed by atoms with Gasteiger partial charge in [-0.15, -0.1) is 5.10 Å². The molecule has 0 radical (unpaired) electrons. The van der Waals surface area contributed by atoms with Gasteiger partial charge >= 0.3 is 0 Å². The van der Waals surface area contributed by atoms with Crippen LogP contribution in [0.4, 0.5) is 0 Å². The van der Waals surface area contributed by atoms with Crippen molar-refractivity contribution >= 4 is 10.9 Å². The van der Waals surface area contributed by atoms with Gasteiger partial charge in [0, 0.05) is 11.6 Å². The Morgan fingerprint density at radius 1 is 1.06 bits per heavy atom. The molecule has 2 aromatic heterocycles. The Bertz CT molecular complexity index is 456. The van der Waals surface area contributed by atoms with Gasteiger partial charge in [0.1, 0.15) is 5.52 Å². The van der Waals surface area contributed by atoms with Crippen LogP contribution in [0.2, 0.25) is 0 Å². The minimum atomic E-state index is 0.375. The van der Waals surface area contributed by atoms with Crippen LogP contribution < -0.4 is 0 Å². The number of pyridine rings is 1. The summed E-state index contributed by atoms with van der Waals surface area (Å²) in [6.45, 7) is 8.61. The van der Waals surface area contributed by atoms with E-state index in [1.165, 1.54) is 10.9 Å². The molecule has 0 spiro atoms. The third-order valence-corrected chi connectivity index (χ3v) is 2.79. The molecule has 0 aliphatic rings. The maximum Gasteiger partial charge on any atom is 0.115 e. The van der Waals surface area contributed by atoms with Crippen molar-refractivity contribution in [2.45, 2.75) is 39.5 Å². The first-order chi connectivity index (χ1) is 7.61. The number of nitrogens with zero attached hydrogens (tertiary/aromatic N) is 3. The Kier molecular flexibility index (Phi) is 2.86. The van der Waals surface area contributed by atoms with E-state index < -0.39 is 0 Å². The minimum absolute atomic E-state index is 0.375. The van der Waals surface area contributed by atoms with Gasteiger partial charge in [-0.05, 0) is 23.5 Å². The maximum absolute atomic E-state index is 4.40. The zero-order chi connectivity index (χ0) is 11.7. The van der Waals surface area contributed by atoms with Gasteiger partial charge in [-0.3, -0.25) is 4.98 Å². The zero-order valence-electron chi connectivity index (χ0n) is 10.2. The van der Waals surface area contributed by atoms with Crippen molar-refractivity contribution in [1.29, 1.82) is 0 Å². The third-order valence-electron chi connectivity index (χ3n) is 2.79. The van der Waals surface area contributed by atoms with Crippen molar-refractivity contribution in [1.82, 2.24) is 15.2 Å². The lowest BCUT2D eigenvalue weighted by Crippen LogP contribution is -2.00. The molecule has 0 fully saturated rings. The molecule has 0 aliphatic carbocycles. The van der Waals surface area contributed by atoms with E-state index >= 15 is 0 Å². The standard InChI is InChI=1S/C13H17N3/c1-8(2)11-7-15-16-13-10(11)5-6-14-12(13)9(3)4/h5-9H,1-4H3. The average Bonchev–Trinajstić information content (AvgIpc) is 2.27. The molecule has 0 saturated heterocycles. The summed E-state index contributed by atoms with van der Waals surface area (Å²) < 4.78 is 0. The van der Waals surface area contributed by atoms with Crippen molar-refractivity contribution in [3.8, 4) is 0 Å². The molecule has 0 bridgehead atoms. The van der Waals surface area contributed by atoms with Crippen LogP contribution >= 0.6 is 0 Å². The molecule has 84 valence electrons. The van der Waals surface area contributed by atoms with Crippen LogP contribution in [0.5, 0.6) is 0 Å². The lowest BCUT2D eigenvalue weighted by Gasteiger charge is -2.11. The van der Waals surface area contributed by atoms with Crippen LogP contribution in [0.25, 0.3) is 10.9 Å². The van der Waals surface area contributed by atoms with Gasteiger partial charge in [0.05, 0.1) is 11.9 Å². The molecule has 0 N–H and O–H groups in total. The zero-order valence-corrected chi connectivity index (χ0v) is 10.2. The highest BCUT2D eigenvalue weighted by Gasteiger charge is 2.12. The summed E-state index contributed by atoms with van der Waals surface area (Å²) in [5, 5.41) is 9.50. The second kappa shape index (κ2) is 4.16. The topological polar surface area (TPSA) is 38.7 Å². The number of hydrogen-bond donors (Lipinski definition) is 0. The van der Waals surface area contributed by atoms with Gasteiger partial charge in [0.15, 0.2) is 0 Å². The molecule has 0 amide bonds. The summed E-state index contributed by atoms with van der Waals surface area (Å²) in [6, 6.07) is 2.03. The SMILES string of the molecule is CC(C)c1cnnc2c(C(C)C)nccc12. The lowest BCUT2D eigenvalue weighted by molar-refractivity contribution is 0.818. The minimum Gasteiger partial charge on any atom is -0.259 e. The second-order valence-electron chi connectivity index (χ2n) is 4.70. The van der Waals surface area contributed by atoms with Crippen molar-refractivity contribution in [2.75, 3.05) is 0 Å². The molecular weight excluding hydrogens is 198 g/mol. The first kappa shape index (κ1) is 11.0. The predicted molar refractivity (Wildman–Crippen MR) is 65.5 cm³/mol. The van der Waals surface area contributed by atoms with Gasteiger partial charge in [-0.2, -0.15) is 5.10 Å². The molecule has 2 aromatic rings. The first-order valence-corrected chi connectivity index (χ1v) is 5.71. The van der Waals surface area contributed by atoms with E-state index in [4.69, 9.17) is 0 Å². The summed E-state index contributed by atoms with van der Waals surface area (Å²) in [5.41, 5.74) is 3.23. The summed E-state index contributed by atoms with van der Waals surface area (Å²) in [6.07, 6.45) is 3.72. The summed E-state index contributed by atoms with van der Waals surface area (Å²) in [7, 11) is 0. The Hall–Kier alpha value is -1.51. The Morgan fingerprint density at radius 2 is 1.81 bits per heavy atom. The van der Waals surface area contributed by atoms with Crippen LogP contribution in [0, 0.1) is 0 Å². The number of fused-ring (bicyclic) bond motifs is 1. The highest BCUT2D eigenvalue weighted by molar-refractivity contribution is 5.83. The highest BCUT2D eigenvalue weighted by atomic mass is 15.1. The summed E-state index contributed by atoms with van der Waals surface area (Å²) in [4.78, 5) is 4.40. The van der Waals surface area contributed by atoms with Crippen LogP contribution in [0.1, 0.15) is 50.8 Å². The van der Waals surface area contributed by atoms with Crippen LogP contribution in [0.3, 0.4) is 0 Å². The first-order valence-electron chi connectivity index (χ1n) is 5.71. The molecule has 0 unspecified atom stereocenters. The molecular formula is C13H17N3. The van der Waals surface area contributed by atoms with E-state index in [1.807, 2.05) is 18.5 Å². The Morgan fingerprint density at radius 3 is 2.44 bits per heavy atom. The van der Waals surface area contributed by atoms with E-state index in [2.05, 4.69) is 42.9 Å². The van der Waals surface area contributed by atoms with Gasteiger partial charge in [0.25, 0.3) is 0 Å². The monoisotopic (exact) mass is 215 g/mol. The molecule has 0 aliphatic heterocycles. The van der Waals surface area contributed by atoms with Crippen molar-refractivity contribution in [2.24, 2.45) is 0 Å². The van der Waals surface area contributed by atoms with E-state index in [1.54, 1.807) is 0 Å². The van der Waals surface area contributed by atoms with E-state index in [9.17, 15) is 0 Å². The van der Waals surface area contributed by atoms with Crippen LogP contribution in [-0.4, -0.2) is 15.2 Å². The van der Waals surface area contributed by atoms with Gasteiger partial charge < -0.3 is 0 Å². The molecule has 3 heteroatoms. The third kappa shape index (κ3) is 1.77. The maximum atomic E-state index is 4.40. The van der Waals surface area contributed by atoms with E-state index in [-0.39, 0.29) is 0 Å². The molecule has 16 heavy (non-hydrogen) atoms. The van der Waals surface area contributed by atoms with Gasteiger partial charge in [-0.1, -0.05) is 27.7 Å². The van der Waals surface area contributed by atoms with Crippen molar-refractivity contribution < 1.29 is 0 Å². The fourth-order valence-electron chi connectivity index (χ4n) is 1.91. The summed E-state index contributed by atoms with van der Waals surface area (Å²) >= 11 is 0. The molecule has 2 rings (SSSR count). The fraction of sp³-hybridized carbons (Fsp3) is 0.462. The van der Waals surface area contributed by atoms with Crippen LogP contribution in [0.15, 0.2) is 18.5 Å². The van der Waals surface area contributed by atoms with E-state index in [0.29, 0.717) is 11.8 Å². The number of rotatable bonds is 2. The molecule has 0 saturated carbocycles. The smallest absolute Gasteiger partial charge is 0.115 e. The molecule has 0 aromatic carbocycles. The highest BCUT2D eigenvalue weighted by Crippen LogP contribution is 2.26. The summed E-state index contributed by atoms with van der Waals surface area (Å²) in [5.74, 6) is 0.834. The van der Waals surface area contributed by atoms with Gasteiger partial charge in [0.2, 0.25) is 0 Å². The molecule has 0 atom stereocenters. The number of hydrogen-bond acceptors (Lipinski definition) is 3. The van der Waals surface area contributed by atoms with E-state index in [0.717, 1.165) is 11.2 Å². The van der Waals surface area contributed by atoms with Gasteiger partial charge in [-0.25, -0.2) is 0 Å². The number of aromatic nitrogens is 3. The molecule has 3 nitrogen and oxygen atoms in total. The normalized spacial score (nSPS) is 11.6. The second-order valence-corrected chi connectivity index (χ2v) is 4.70. The van der Waals surface area contributed by atoms with Crippen molar-refractivity contribution in [3.05, 3.63) is 29.7 Å². The largest absolute Gasteiger partial charge is 0.259 e. The Balaban J connectivity index is 2.76. The predicted octanol–water partition coefficient (Wildman–Crippen LogP) is 3.27. The van der Waals surface area contributed by atoms with Crippen molar-refractivity contribution in [3.63, 3.8) is 0 Å². The fourth-order valence-corrected chi connectivity index (χ4v) is 1.91. The van der Waals surface area contributed by atoms with Crippen LogP contribution in [-0.2, 0) is 0 Å².